The molecule has 3 rings (SSSR count). The number of amides is 2. The van der Waals surface area contributed by atoms with Crippen molar-refractivity contribution in [3.05, 3.63) is 21.8 Å². The lowest BCUT2D eigenvalue weighted by Crippen LogP contribution is -2.70. The monoisotopic (exact) mass is 461 g/mol. The van der Waals surface area contributed by atoms with Gasteiger partial charge in [-0.1, -0.05) is 28.1 Å². The molecule has 15 heteroatoms. The number of oxime groups is 1. The van der Waals surface area contributed by atoms with Crippen LogP contribution in [-0.4, -0.2) is 73.3 Å². The summed E-state index contributed by atoms with van der Waals surface area (Å²) in [4.78, 5) is 56.5. The molecule has 1 fully saturated rings. The third-order valence-electron chi connectivity index (χ3n) is 3.74. The Bertz CT molecular complexity index is 962. The van der Waals surface area contributed by atoms with Gasteiger partial charge in [0.2, 0.25) is 6.61 Å². The van der Waals surface area contributed by atoms with E-state index in [1.54, 1.807) is 0 Å². The summed E-state index contributed by atoms with van der Waals surface area (Å²) in [6.45, 7) is -0.824. The van der Waals surface area contributed by atoms with Crippen LogP contribution in [0.3, 0.4) is 0 Å². The number of anilines is 1. The van der Waals surface area contributed by atoms with Crippen LogP contribution in [0.2, 0.25) is 4.34 Å². The van der Waals surface area contributed by atoms with E-state index in [1.807, 2.05) is 0 Å². The molecule has 154 valence electrons. The molecule has 1 aromatic heterocycles. The first-order valence-corrected chi connectivity index (χ1v) is 9.98. The highest BCUT2D eigenvalue weighted by atomic mass is 35.5. The van der Waals surface area contributed by atoms with Crippen LogP contribution in [0.25, 0.3) is 0 Å². The van der Waals surface area contributed by atoms with Crippen LogP contribution >= 0.6 is 34.7 Å². The van der Waals surface area contributed by atoms with Crippen molar-refractivity contribution >= 4 is 69.3 Å². The Morgan fingerprint density at radius 1 is 1.45 bits per heavy atom. The number of carbonyl (C=O) groups is 4. The average Bonchev–Trinajstić information content (AvgIpc) is 2.99. The number of halogens is 1. The molecule has 3 heterocycles. The predicted molar refractivity (Wildman–Crippen MR) is 102 cm³/mol. The summed E-state index contributed by atoms with van der Waals surface area (Å²) in [5.41, 5.74) is 4.80. The highest BCUT2D eigenvalue weighted by Gasteiger charge is 2.53. The number of β-lactam (4-membered cyclic amide) rings is 1. The van der Waals surface area contributed by atoms with Crippen LogP contribution in [0.1, 0.15) is 5.69 Å². The largest absolute Gasteiger partial charge is 0.479 e. The molecule has 12 nitrogen and oxygen atoms in total. The van der Waals surface area contributed by atoms with Crippen molar-refractivity contribution in [2.75, 3.05) is 18.1 Å². The number of fused-ring (bicyclic) bond motifs is 1. The summed E-state index contributed by atoms with van der Waals surface area (Å²) in [6.07, 6.45) is 1.41. The van der Waals surface area contributed by atoms with E-state index in [9.17, 15) is 24.3 Å². The third-order valence-corrected chi connectivity index (χ3v) is 6.00. The summed E-state index contributed by atoms with van der Waals surface area (Å²) >= 11 is 8.12. The minimum atomic E-state index is -1.33. The van der Waals surface area contributed by atoms with Crippen molar-refractivity contribution in [3.8, 4) is 0 Å². The molecule has 0 aromatic carbocycles. The predicted octanol–water partition coefficient (Wildman–Crippen LogP) is -0.448. The minimum Gasteiger partial charge on any atom is -0.479 e. The zero-order valence-electron chi connectivity index (χ0n) is 14.2. The summed E-state index contributed by atoms with van der Waals surface area (Å²) < 4.78 is 0.0139. The van der Waals surface area contributed by atoms with E-state index in [0.717, 1.165) is 16.2 Å². The van der Waals surface area contributed by atoms with Crippen LogP contribution in [0.15, 0.2) is 16.9 Å². The number of thiazole rings is 1. The molecule has 2 amide bonds. The third kappa shape index (κ3) is 4.13. The maximum Gasteiger partial charge on any atom is 0.352 e. The summed E-state index contributed by atoms with van der Waals surface area (Å²) in [7, 11) is 0. The van der Waals surface area contributed by atoms with Gasteiger partial charge in [0.1, 0.15) is 27.1 Å². The van der Waals surface area contributed by atoms with Gasteiger partial charge in [0.05, 0.1) is 0 Å². The van der Waals surface area contributed by atoms with Gasteiger partial charge in [0.15, 0.2) is 10.8 Å². The first-order valence-electron chi connectivity index (χ1n) is 7.73. The lowest BCUT2D eigenvalue weighted by atomic mass is 10.0. The fourth-order valence-corrected chi connectivity index (χ4v) is 4.68. The summed E-state index contributed by atoms with van der Waals surface area (Å²) in [5.74, 6) is -3.75. The van der Waals surface area contributed by atoms with Crippen molar-refractivity contribution in [2.45, 2.75) is 11.4 Å². The van der Waals surface area contributed by atoms with Gasteiger partial charge in [-0.25, -0.2) is 14.6 Å². The molecule has 1 saturated heterocycles. The van der Waals surface area contributed by atoms with E-state index in [-0.39, 0.29) is 20.9 Å². The zero-order chi connectivity index (χ0) is 21.3. The summed E-state index contributed by atoms with van der Waals surface area (Å²) in [6, 6.07) is -1.02. The van der Waals surface area contributed by atoms with Crippen molar-refractivity contribution < 1.29 is 34.2 Å². The average molecular weight is 462 g/mol. The molecular weight excluding hydrogens is 450 g/mol. The smallest absolute Gasteiger partial charge is 0.352 e. The first-order chi connectivity index (χ1) is 13.7. The van der Waals surface area contributed by atoms with Gasteiger partial charge < -0.3 is 26.1 Å². The number of carbonyl (C=O) groups excluding carboxylic acids is 2. The molecule has 2 aliphatic heterocycles. The Kier molecular flexibility index (Phi) is 5.95. The number of nitrogens with zero attached hydrogens (tertiary/aromatic N) is 3. The van der Waals surface area contributed by atoms with Crippen molar-refractivity contribution in [2.24, 2.45) is 5.16 Å². The van der Waals surface area contributed by atoms with Gasteiger partial charge >= 0.3 is 11.9 Å². The molecule has 0 aliphatic carbocycles. The molecule has 1 unspecified atom stereocenters. The molecular formula is C14H12ClN5O7S2. The molecule has 1 aromatic rings. The maximum atomic E-state index is 12.7. The second-order valence-corrected chi connectivity index (χ2v) is 8.34. The Labute approximate surface area is 175 Å². The van der Waals surface area contributed by atoms with E-state index in [0.29, 0.717) is 5.75 Å². The Morgan fingerprint density at radius 3 is 2.76 bits per heavy atom. The topological polar surface area (TPSA) is 185 Å². The van der Waals surface area contributed by atoms with E-state index in [2.05, 4.69) is 20.3 Å². The zero-order valence-corrected chi connectivity index (χ0v) is 16.6. The van der Waals surface area contributed by atoms with Crippen molar-refractivity contribution in [1.29, 1.82) is 0 Å². The number of rotatable bonds is 7. The Balaban J connectivity index is 1.80. The molecule has 2 atom stereocenters. The van der Waals surface area contributed by atoms with Crippen molar-refractivity contribution in [1.82, 2.24) is 15.2 Å². The molecule has 0 bridgehead atoms. The first kappa shape index (κ1) is 20.9. The molecule has 2 aliphatic rings. The molecule has 29 heavy (non-hydrogen) atoms. The number of aromatic nitrogens is 1. The van der Waals surface area contributed by atoms with Gasteiger partial charge in [0.25, 0.3) is 11.8 Å². The molecule has 0 saturated carbocycles. The number of hydrogen-bond donors (Lipinski definition) is 4. The number of carboxylic acids is 2. The van der Waals surface area contributed by atoms with Crippen LogP contribution in [0.4, 0.5) is 5.13 Å². The maximum absolute atomic E-state index is 12.7. The number of hydrogen-bond acceptors (Lipinski definition) is 10. The quantitative estimate of drug-likeness (QED) is 0.235. The summed E-state index contributed by atoms with van der Waals surface area (Å²) in [5, 5.41) is 23.2. The highest BCUT2D eigenvalue weighted by Crippen LogP contribution is 2.37. The lowest BCUT2D eigenvalue weighted by Gasteiger charge is -2.48. The van der Waals surface area contributed by atoms with E-state index in [4.69, 9.17) is 22.4 Å². The van der Waals surface area contributed by atoms with E-state index in [1.165, 1.54) is 17.8 Å². The van der Waals surface area contributed by atoms with Crippen LogP contribution < -0.4 is 11.1 Å². The molecule has 0 radical (unpaired) electrons. The normalized spacial score (nSPS) is 21.0. The number of nitrogens with two attached hydrogens (primary N) is 1. The van der Waals surface area contributed by atoms with E-state index >= 15 is 0 Å². The molecule has 5 N–H and O–H groups in total. The number of carboxylic acid groups (broad SMARTS) is 2. The van der Waals surface area contributed by atoms with Crippen LogP contribution in [0, 0.1) is 0 Å². The second-order valence-electron chi connectivity index (χ2n) is 5.56. The standard InChI is InChI=1S/C14H12ClN5O7S2/c15-9-6(18-14(16)29-9)7(19-27-3-5(21)22)10(23)17-8-11(24)20-4(13(25)26)1-2-28-12(8)20/h1,8,12H,2-3H2,(H2,16,18)(H,17,23)(H,21,22)(H,25,26)/b19-7+/t8?,12-/m1/s1. The van der Waals surface area contributed by atoms with Gasteiger partial charge in [-0.3, -0.25) is 14.5 Å². The van der Waals surface area contributed by atoms with Gasteiger partial charge in [-0.05, 0) is 6.08 Å². The molecule has 0 spiro atoms. The fourth-order valence-electron chi connectivity index (χ4n) is 2.56. The number of nitrogen functional groups attached to an aromatic ring is 1. The van der Waals surface area contributed by atoms with Gasteiger partial charge in [0, 0.05) is 5.75 Å². The van der Waals surface area contributed by atoms with Gasteiger partial charge in [-0.15, -0.1) is 11.8 Å². The number of aliphatic carboxylic acids is 2. The fraction of sp³-hybridized carbons (Fsp3) is 0.286. The van der Waals surface area contributed by atoms with Gasteiger partial charge in [-0.2, -0.15) is 0 Å². The van der Waals surface area contributed by atoms with E-state index < -0.39 is 47.5 Å². The van der Waals surface area contributed by atoms with Crippen LogP contribution in [-0.2, 0) is 24.0 Å². The highest BCUT2D eigenvalue weighted by molar-refractivity contribution is 8.00. The number of thioether (sulfide) groups is 1. The lowest BCUT2D eigenvalue weighted by molar-refractivity contribution is -0.150. The minimum absolute atomic E-state index is 0.0139. The van der Waals surface area contributed by atoms with Crippen LogP contribution in [0.5, 0.6) is 0 Å². The Morgan fingerprint density at radius 2 is 2.17 bits per heavy atom. The number of nitrogens with one attached hydrogen (secondary N) is 1. The second kappa shape index (κ2) is 8.26. The SMILES string of the molecule is Nc1nc(/C(=N\OCC(=O)O)C(=O)NC2C(=O)N3C(C(=O)O)=CCS[C@H]23)c(Cl)s1. The Hall–Kier alpha value is -2.84. The van der Waals surface area contributed by atoms with Crippen molar-refractivity contribution in [3.63, 3.8) is 0 Å².